The van der Waals surface area contributed by atoms with Gasteiger partial charge in [0.25, 0.3) is 0 Å². The van der Waals surface area contributed by atoms with Crippen molar-refractivity contribution in [3.63, 3.8) is 0 Å². The molecule has 0 saturated carbocycles. The van der Waals surface area contributed by atoms with Crippen LogP contribution in [-0.4, -0.2) is 42.3 Å². The van der Waals surface area contributed by atoms with Crippen LogP contribution in [0.4, 0.5) is 5.69 Å². The number of likely N-dealkylation sites (N-methyl/N-ethyl adjacent to an activating group) is 1. The second-order valence-corrected chi connectivity index (χ2v) is 6.28. The fourth-order valence-electron chi connectivity index (χ4n) is 2.32. The lowest BCUT2D eigenvalue weighted by Gasteiger charge is -2.20. The fraction of sp³-hybridized carbons (Fsp3) is 0.400. The third kappa shape index (κ3) is 4.07. The zero-order valence-corrected chi connectivity index (χ0v) is 14.1. The van der Waals surface area contributed by atoms with E-state index in [9.17, 15) is 14.4 Å². The molecule has 1 aliphatic rings. The second kappa shape index (κ2) is 6.91. The Bertz CT molecular complexity index is 618. The first-order valence-electron chi connectivity index (χ1n) is 6.97. The molecule has 0 aromatic heterocycles. The van der Waals surface area contributed by atoms with Gasteiger partial charge in [-0.2, -0.15) is 0 Å². The molecular formula is C15H18BrN3O3. The van der Waals surface area contributed by atoms with Crippen molar-refractivity contribution in [1.82, 2.24) is 10.2 Å². The number of nitrogens with one attached hydrogen (secondary N) is 2. The van der Waals surface area contributed by atoms with E-state index in [0.29, 0.717) is 18.5 Å². The maximum absolute atomic E-state index is 12.1. The number of hydrogen-bond acceptors (Lipinski definition) is 3. The quantitative estimate of drug-likeness (QED) is 0.844. The fourth-order valence-corrected chi connectivity index (χ4v) is 2.79. The Morgan fingerprint density at radius 3 is 2.77 bits per heavy atom. The van der Waals surface area contributed by atoms with Gasteiger partial charge in [0.15, 0.2) is 0 Å². The molecule has 3 amide bonds. The number of carbonyl (C=O) groups is 3. The predicted molar refractivity (Wildman–Crippen MR) is 86.3 cm³/mol. The maximum atomic E-state index is 12.1. The van der Waals surface area contributed by atoms with Crippen LogP contribution in [-0.2, 0) is 14.4 Å². The first-order valence-corrected chi connectivity index (χ1v) is 7.76. The number of halogens is 1. The van der Waals surface area contributed by atoms with E-state index in [1.165, 1.54) is 4.90 Å². The van der Waals surface area contributed by atoms with Gasteiger partial charge in [-0.05, 0) is 37.1 Å². The van der Waals surface area contributed by atoms with Gasteiger partial charge < -0.3 is 15.5 Å². The number of amides is 3. The minimum Gasteiger partial charge on any atom is -0.344 e. The topological polar surface area (TPSA) is 78.5 Å². The highest BCUT2D eigenvalue weighted by Gasteiger charge is 2.29. The summed E-state index contributed by atoms with van der Waals surface area (Å²) in [5.41, 5.74) is 1.64. The lowest BCUT2D eigenvalue weighted by Crippen LogP contribution is -2.45. The largest absolute Gasteiger partial charge is 0.344 e. The molecule has 22 heavy (non-hydrogen) atoms. The summed E-state index contributed by atoms with van der Waals surface area (Å²) in [6, 6.07) is 5.03. The van der Waals surface area contributed by atoms with E-state index < -0.39 is 6.04 Å². The van der Waals surface area contributed by atoms with Crippen LogP contribution in [0.2, 0.25) is 0 Å². The van der Waals surface area contributed by atoms with Gasteiger partial charge >= 0.3 is 0 Å². The average Bonchev–Trinajstić information content (AvgIpc) is 2.87. The van der Waals surface area contributed by atoms with Crippen molar-refractivity contribution in [2.45, 2.75) is 25.8 Å². The Morgan fingerprint density at radius 2 is 2.18 bits per heavy atom. The molecule has 1 heterocycles. The van der Waals surface area contributed by atoms with Gasteiger partial charge in [-0.15, -0.1) is 0 Å². The minimum absolute atomic E-state index is 0.0549. The van der Waals surface area contributed by atoms with Crippen LogP contribution >= 0.6 is 15.9 Å². The van der Waals surface area contributed by atoms with Crippen LogP contribution in [0.5, 0.6) is 0 Å². The molecule has 118 valence electrons. The van der Waals surface area contributed by atoms with Crippen molar-refractivity contribution in [3.8, 4) is 0 Å². The van der Waals surface area contributed by atoms with Crippen LogP contribution in [0.1, 0.15) is 18.4 Å². The summed E-state index contributed by atoms with van der Waals surface area (Å²) in [7, 11) is 1.56. The Labute approximate surface area is 137 Å². The molecule has 0 bridgehead atoms. The molecule has 0 unspecified atom stereocenters. The lowest BCUT2D eigenvalue weighted by atomic mass is 10.2. The third-order valence-corrected chi connectivity index (χ3v) is 4.01. The maximum Gasteiger partial charge on any atom is 0.245 e. The highest BCUT2D eigenvalue weighted by molar-refractivity contribution is 9.10. The molecule has 1 aromatic carbocycles. The monoisotopic (exact) mass is 367 g/mol. The molecule has 7 heteroatoms. The molecule has 2 N–H and O–H groups in total. The van der Waals surface area contributed by atoms with Gasteiger partial charge in [0.1, 0.15) is 6.04 Å². The van der Waals surface area contributed by atoms with Gasteiger partial charge in [0.2, 0.25) is 17.7 Å². The summed E-state index contributed by atoms with van der Waals surface area (Å²) >= 11 is 3.36. The summed E-state index contributed by atoms with van der Waals surface area (Å²) in [5, 5.41) is 5.39. The van der Waals surface area contributed by atoms with Crippen LogP contribution in [0, 0.1) is 6.92 Å². The second-order valence-electron chi connectivity index (χ2n) is 5.36. The third-order valence-electron chi connectivity index (χ3n) is 3.51. The van der Waals surface area contributed by atoms with Crippen molar-refractivity contribution in [1.29, 1.82) is 0 Å². The van der Waals surface area contributed by atoms with E-state index in [-0.39, 0.29) is 24.3 Å². The Balaban J connectivity index is 1.91. The number of benzene rings is 1. The molecule has 1 saturated heterocycles. The van der Waals surface area contributed by atoms with E-state index in [1.54, 1.807) is 13.1 Å². The SMILES string of the molecule is Cc1cc(Br)ccc1NC(=O)CN(C)C(=O)[C@H]1CCC(=O)N1. The van der Waals surface area contributed by atoms with E-state index in [1.807, 2.05) is 19.1 Å². The van der Waals surface area contributed by atoms with Crippen LogP contribution in [0.15, 0.2) is 22.7 Å². The van der Waals surface area contributed by atoms with Crippen LogP contribution < -0.4 is 10.6 Å². The minimum atomic E-state index is -0.514. The molecule has 1 fully saturated rings. The van der Waals surface area contributed by atoms with Gasteiger partial charge in [-0.3, -0.25) is 14.4 Å². The molecule has 1 atom stereocenters. The number of nitrogens with zero attached hydrogens (tertiary/aromatic N) is 1. The summed E-state index contributed by atoms with van der Waals surface area (Å²) in [5.74, 6) is -0.638. The Morgan fingerprint density at radius 1 is 1.45 bits per heavy atom. The number of anilines is 1. The Hall–Kier alpha value is -1.89. The Kier molecular flexibility index (Phi) is 5.18. The van der Waals surface area contributed by atoms with E-state index >= 15 is 0 Å². The number of hydrogen-bond donors (Lipinski definition) is 2. The molecule has 1 aromatic rings. The first-order chi connectivity index (χ1) is 10.4. The molecule has 0 radical (unpaired) electrons. The summed E-state index contributed by atoms with van der Waals surface area (Å²) in [6.45, 7) is 1.84. The number of carbonyl (C=O) groups excluding carboxylic acids is 3. The van der Waals surface area contributed by atoms with Crippen LogP contribution in [0.25, 0.3) is 0 Å². The van der Waals surface area contributed by atoms with E-state index in [2.05, 4.69) is 26.6 Å². The smallest absolute Gasteiger partial charge is 0.245 e. The van der Waals surface area contributed by atoms with Gasteiger partial charge in [-0.25, -0.2) is 0 Å². The standard InChI is InChI=1S/C15H18BrN3O3/c1-9-7-10(16)3-4-11(9)17-14(21)8-19(2)15(22)12-5-6-13(20)18-12/h3-4,7,12H,5-6,8H2,1-2H3,(H,17,21)(H,18,20)/t12-/m1/s1. The molecule has 6 nitrogen and oxygen atoms in total. The summed E-state index contributed by atoms with van der Waals surface area (Å²) in [6.07, 6.45) is 0.837. The average molecular weight is 368 g/mol. The van der Waals surface area contributed by atoms with Crippen molar-refractivity contribution >= 4 is 39.3 Å². The van der Waals surface area contributed by atoms with Crippen molar-refractivity contribution in [2.75, 3.05) is 18.9 Å². The van der Waals surface area contributed by atoms with Gasteiger partial charge in [-0.1, -0.05) is 15.9 Å². The van der Waals surface area contributed by atoms with Crippen molar-refractivity contribution in [2.24, 2.45) is 0 Å². The lowest BCUT2D eigenvalue weighted by molar-refractivity contribution is -0.135. The highest BCUT2D eigenvalue weighted by atomic mass is 79.9. The molecule has 0 spiro atoms. The molecular weight excluding hydrogens is 350 g/mol. The van der Waals surface area contributed by atoms with Crippen molar-refractivity contribution < 1.29 is 14.4 Å². The van der Waals surface area contributed by atoms with Gasteiger partial charge in [0.05, 0.1) is 6.54 Å². The molecule has 0 aliphatic carbocycles. The first kappa shape index (κ1) is 16.5. The summed E-state index contributed by atoms with van der Waals surface area (Å²) in [4.78, 5) is 36.6. The van der Waals surface area contributed by atoms with Crippen molar-refractivity contribution in [3.05, 3.63) is 28.2 Å². The predicted octanol–water partition coefficient (Wildman–Crippen LogP) is 1.43. The number of aryl methyl sites for hydroxylation is 1. The van der Waals surface area contributed by atoms with E-state index in [0.717, 1.165) is 10.0 Å². The molecule has 1 aliphatic heterocycles. The van der Waals surface area contributed by atoms with E-state index in [4.69, 9.17) is 0 Å². The molecule has 2 rings (SSSR count). The number of rotatable bonds is 4. The van der Waals surface area contributed by atoms with Gasteiger partial charge in [0, 0.05) is 23.6 Å². The normalized spacial score (nSPS) is 17.0. The van der Waals surface area contributed by atoms with Crippen LogP contribution in [0.3, 0.4) is 0 Å². The highest BCUT2D eigenvalue weighted by Crippen LogP contribution is 2.20. The summed E-state index contributed by atoms with van der Waals surface area (Å²) < 4.78 is 0.937. The zero-order chi connectivity index (χ0) is 16.3. The zero-order valence-electron chi connectivity index (χ0n) is 12.5.